The third kappa shape index (κ3) is 1.72. The number of ether oxygens (including phenoxy) is 1. The fraction of sp³-hybridized carbons (Fsp3) is 0.250. The second-order valence-electron chi connectivity index (χ2n) is 4.73. The molecule has 0 bridgehead atoms. The van der Waals surface area contributed by atoms with E-state index in [1.165, 1.54) is 0 Å². The van der Waals surface area contributed by atoms with Gasteiger partial charge in [0, 0.05) is 11.1 Å². The molecule has 0 aliphatic carbocycles. The maximum absolute atomic E-state index is 14.0. The van der Waals surface area contributed by atoms with E-state index in [9.17, 15) is 8.78 Å². The van der Waals surface area contributed by atoms with Crippen LogP contribution in [0.1, 0.15) is 18.1 Å². The van der Waals surface area contributed by atoms with Gasteiger partial charge in [0.05, 0.1) is 0 Å². The molecule has 3 rings (SSSR count). The smallest absolute Gasteiger partial charge is 0.265 e. The molecular formula is C16H15F2NO. The van der Waals surface area contributed by atoms with Crippen molar-refractivity contribution in [2.45, 2.75) is 18.9 Å². The van der Waals surface area contributed by atoms with Gasteiger partial charge in [-0.05, 0) is 18.7 Å². The van der Waals surface area contributed by atoms with E-state index < -0.39 is 12.0 Å². The first-order chi connectivity index (χ1) is 9.70. The molecule has 2 aromatic rings. The number of nitrogens with one attached hydrogen (secondary N) is 1. The van der Waals surface area contributed by atoms with Crippen LogP contribution in [-0.2, 0) is 5.54 Å². The maximum Gasteiger partial charge on any atom is 0.265 e. The monoisotopic (exact) mass is 275 g/mol. The van der Waals surface area contributed by atoms with Crippen LogP contribution >= 0.6 is 0 Å². The van der Waals surface area contributed by atoms with Crippen LogP contribution in [-0.4, -0.2) is 13.0 Å². The van der Waals surface area contributed by atoms with E-state index in [0.29, 0.717) is 29.2 Å². The van der Waals surface area contributed by atoms with Gasteiger partial charge < -0.3 is 4.74 Å². The van der Waals surface area contributed by atoms with Crippen molar-refractivity contribution in [3.63, 3.8) is 0 Å². The minimum absolute atomic E-state index is 0.438. The number of hydrogen-bond acceptors (Lipinski definition) is 2. The molecule has 0 aromatic heterocycles. The summed E-state index contributed by atoms with van der Waals surface area (Å²) in [5.41, 5.74) is -0.550. The minimum Gasteiger partial charge on any atom is -0.457 e. The molecule has 0 amide bonds. The van der Waals surface area contributed by atoms with Crippen molar-refractivity contribution < 1.29 is 13.5 Å². The van der Waals surface area contributed by atoms with Gasteiger partial charge in [-0.2, -0.15) is 0 Å². The molecule has 104 valence electrons. The number of halogens is 2. The van der Waals surface area contributed by atoms with E-state index in [1.54, 1.807) is 48.5 Å². The van der Waals surface area contributed by atoms with Gasteiger partial charge in [0.25, 0.3) is 6.43 Å². The van der Waals surface area contributed by atoms with Crippen LogP contribution in [0.5, 0.6) is 11.5 Å². The van der Waals surface area contributed by atoms with Crippen molar-refractivity contribution in [3.05, 3.63) is 59.7 Å². The van der Waals surface area contributed by atoms with Crippen molar-refractivity contribution in [3.8, 4) is 11.5 Å². The van der Waals surface area contributed by atoms with Crippen LogP contribution < -0.4 is 10.1 Å². The molecule has 0 saturated carbocycles. The number of alkyl halides is 2. The van der Waals surface area contributed by atoms with Gasteiger partial charge in [-0.15, -0.1) is 0 Å². The topological polar surface area (TPSA) is 21.3 Å². The first-order valence-corrected chi connectivity index (χ1v) is 6.60. The zero-order valence-corrected chi connectivity index (χ0v) is 11.1. The summed E-state index contributed by atoms with van der Waals surface area (Å²) in [6.07, 6.45) is -2.58. The molecule has 0 radical (unpaired) electrons. The number of fused-ring (bicyclic) bond motifs is 2. The Labute approximate surface area is 116 Å². The highest BCUT2D eigenvalue weighted by molar-refractivity contribution is 5.57. The lowest BCUT2D eigenvalue weighted by atomic mass is 9.80. The fourth-order valence-electron chi connectivity index (χ4n) is 2.81. The molecule has 20 heavy (non-hydrogen) atoms. The highest BCUT2D eigenvalue weighted by atomic mass is 19.3. The summed E-state index contributed by atoms with van der Waals surface area (Å²) in [4.78, 5) is 0. The van der Waals surface area contributed by atoms with Gasteiger partial charge in [0.2, 0.25) is 0 Å². The van der Waals surface area contributed by atoms with Crippen molar-refractivity contribution in [1.82, 2.24) is 5.32 Å². The van der Waals surface area contributed by atoms with Crippen molar-refractivity contribution >= 4 is 0 Å². The van der Waals surface area contributed by atoms with Crippen LogP contribution in [0.2, 0.25) is 0 Å². The van der Waals surface area contributed by atoms with Crippen LogP contribution in [0, 0.1) is 0 Å². The molecule has 0 saturated heterocycles. The minimum atomic E-state index is -2.58. The lowest BCUT2D eigenvalue weighted by Gasteiger charge is -2.40. The Hall–Kier alpha value is -1.94. The summed E-state index contributed by atoms with van der Waals surface area (Å²) in [5.74, 6) is 0.958. The zero-order valence-electron chi connectivity index (χ0n) is 11.1. The van der Waals surface area contributed by atoms with E-state index in [2.05, 4.69) is 5.32 Å². The lowest BCUT2D eigenvalue weighted by molar-refractivity contribution is 0.0467. The van der Waals surface area contributed by atoms with Gasteiger partial charge in [-0.25, -0.2) is 8.78 Å². The summed E-state index contributed by atoms with van der Waals surface area (Å²) in [7, 11) is 0. The summed E-state index contributed by atoms with van der Waals surface area (Å²) >= 11 is 0. The van der Waals surface area contributed by atoms with Gasteiger partial charge in [-0.3, -0.25) is 5.32 Å². The Bertz CT molecular complexity index is 582. The molecule has 0 fully saturated rings. The highest BCUT2D eigenvalue weighted by Crippen LogP contribution is 2.49. The summed E-state index contributed by atoms with van der Waals surface area (Å²) in [6.45, 7) is 2.26. The number of para-hydroxylation sites is 2. The quantitative estimate of drug-likeness (QED) is 0.917. The zero-order chi connectivity index (χ0) is 14.2. The standard InChI is InChI=1S/C16H15F2NO/c1-2-19-16(15(17)18)11-7-3-5-9-13(11)20-14-10-6-4-8-12(14)16/h3-10,15,19H,2H2,1H3. The largest absolute Gasteiger partial charge is 0.457 e. The van der Waals surface area contributed by atoms with Gasteiger partial charge in [-0.1, -0.05) is 43.3 Å². The third-order valence-electron chi connectivity index (χ3n) is 3.63. The Morgan fingerprint density at radius 2 is 1.50 bits per heavy atom. The Kier molecular flexibility index (Phi) is 3.18. The molecule has 0 spiro atoms. The number of hydrogen-bond donors (Lipinski definition) is 1. The lowest BCUT2D eigenvalue weighted by Crippen LogP contribution is -2.50. The fourth-order valence-corrected chi connectivity index (χ4v) is 2.81. The first-order valence-electron chi connectivity index (χ1n) is 6.60. The molecule has 0 unspecified atom stereocenters. The SMILES string of the molecule is CCNC1(C(F)F)c2ccccc2Oc2ccccc21. The molecular weight excluding hydrogens is 260 g/mol. The molecule has 2 nitrogen and oxygen atoms in total. The average Bonchev–Trinajstić information content (AvgIpc) is 2.46. The van der Waals surface area contributed by atoms with Crippen LogP contribution in [0.15, 0.2) is 48.5 Å². The first kappa shape index (κ1) is 13.1. The van der Waals surface area contributed by atoms with Gasteiger partial charge >= 0.3 is 0 Å². The van der Waals surface area contributed by atoms with Crippen molar-refractivity contribution in [2.75, 3.05) is 6.54 Å². The Morgan fingerprint density at radius 1 is 1.00 bits per heavy atom. The average molecular weight is 275 g/mol. The van der Waals surface area contributed by atoms with E-state index in [-0.39, 0.29) is 0 Å². The number of benzene rings is 2. The second-order valence-corrected chi connectivity index (χ2v) is 4.73. The van der Waals surface area contributed by atoms with E-state index in [1.807, 2.05) is 6.92 Å². The van der Waals surface area contributed by atoms with Crippen LogP contribution in [0.3, 0.4) is 0 Å². The molecule has 1 N–H and O–H groups in total. The molecule has 1 aliphatic rings. The Morgan fingerprint density at radius 3 is 1.95 bits per heavy atom. The maximum atomic E-state index is 14.0. The molecule has 0 atom stereocenters. The molecule has 1 heterocycles. The second kappa shape index (κ2) is 4.87. The third-order valence-corrected chi connectivity index (χ3v) is 3.63. The molecule has 4 heteroatoms. The van der Waals surface area contributed by atoms with E-state index in [4.69, 9.17) is 4.74 Å². The van der Waals surface area contributed by atoms with Crippen LogP contribution in [0.4, 0.5) is 8.78 Å². The molecule has 1 aliphatic heterocycles. The summed E-state index contributed by atoms with van der Waals surface area (Å²) in [5, 5.41) is 2.98. The highest BCUT2D eigenvalue weighted by Gasteiger charge is 2.48. The van der Waals surface area contributed by atoms with Gasteiger partial charge in [0.1, 0.15) is 17.0 Å². The predicted octanol–water partition coefficient (Wildman–Crippen LogP) is 3.91. The van der Waals surface area contributed by atoms with Gasteiger partial charge in [0.15, 0.2) is 0 Å². The molecule has 2 aromatic carbocycles. The Balaban J connectivity index is 2.31. The van der Waals surface area contributed by atoms with Crippen LogP contribution in [0.25, 0.3) is 0 Å². The summed E-state index contributed by atoms with van der Waals surface area (Å²) < 4.78 is 33.8. The predicted molar refractivity (Wildman–Crippen MR) is 73.4 cm³/mol. The van der Waals surface area contributed by atoms with Crippen molar-refractivity contribution in [1.29, 1.82) is 0 Å². The number of rotatable bonds is 3. The normalized spacial score (nSPS) is 15.4. The summed E-state index contributed by atoms with van der Waals surface area (Å²) in [6, 6.07) is 13.9. The van der Waals surface area contributed by atoms with E-state index in [0.717, 1.165) is 0 Å². The van der Waals surface area contributed by atoms with E-state index >= 15 is 0 Å². The van der Waals surface area contributed by atoms with Crippen molar-refractivity contribution in [2.24, 2.45) is 0 Å².